The van der Waals surface area contributed by atoms with E-state index >= 15 is 0 Å². The average molecular weight is 142 g/mol. The first-order chi connectivity index (χ1) is 5.40. The average Bonchev–Trinajstić information content (AvgIpc) is 2.50. The minimum absolute atomic E-state index is 0.681. The van der Waals surface area contributed by atoms with Gasteiger partial charge in [-0.15, -0.1) is 0 Å². The third-order valence-corrected chi connectivity index (χ3v) is 1.67. The van der Waals surface area contributed by atoms with Crippen molar-refractivity contribution in [2.75, 3.05) is 0 Å². The van der Waals surface area contributed by atoms with E-state index in [1.54, 1.807) is 0 Å². The summed E-state index contributed by atoms with van der Waals surface area (Å²) >= 11 is 0. The summed E-state index contributed by atoms with van der Waals surface area (Å²) in [6, 6.07) is 7.60. The third-order valence-electron chi connectivity index (χ3n) is 1.67. The van der Waals surface area contributed by atoms with Gasteiger partial charge in [0.15, 0.2) is 5.69 Å². The van der Waals surface area contributed by atoms with Crippen LogP contribution in [0.4, 0.5) is 5.69 Å². The SMILES string of the molecule is [C-]#[N+]c1ccc2cc[nH]c2c1. The van der Waals surface area contributed by atoms with Crippen LogP contribution < -0.4 is 0 Å². The van der Waals surface area contributed by atoms with E-state index in [9.17, 15) is 0 Å². The van der Waals surface area contributed by atoms with Gasteiger partial charge in [-0.25, -0.2) is 4.85 Å². The number of H-pyrrole nitrogens is 1. The van der Waals surface area contributed by atoms with Crippen molar-refractivity contribution in [3.63, 3.8) is 0 Å². The van der Waals surface area contributed by atoms with Gasteiger partial charge >= 0.3 is 0 Å². The Bertz CT molecular complexity index is 420. The lowest BCUT2D eigenvalue weighted by molar-refractivity contribution is 1.48. The molecule has 11 heavy (non-hydrogen) atoms. The Morgan fingerprint density at radius 3 is 3.00 bits per heavy atom. The minimum Gasteiger partial charge on any atom is -0.362 e. The van der Waals surface area contributed by atoms with Crippen molar-refractivity contribution in [2.24, 2.45) is 0 Å². The van der Waals surface area contributed by atoms with Crippen LogP contribution in [0.3, 0.4) is 0 Å². The van der Waals surface area contributed by atoms with Crippen molar-refractivity contribution < 1.29 is 0 Å². The number of benzene rings is 1. The summed E-state index contributed by atoms with van der Waals surface area (Å²) in [7, 11) is 0. The maximum atomic E-state index is 6.78. The third kappa shape index (κ3) is 0.870. The molecule has 2 heteroatoms. The van der Waals surface area contributed by atoms with Crippen molar-refractivity contribution >= 4 is 16.6 Å². The van der Waals surface area contributed by atoms with E-state index < -0.39 is 0 Å². The van der Waals surface area contributed by atoms with Crippen molar-refractivity contribution in [1.82, 2.24) is 4.98 Å². The van der Waals surface area contributed by atoms with Gasteiger partial charge in [-0.2, -0.15) is 0 Å². The molecule has 0 aliphatic carbocycles. The lowest BCUT2D eigenvalue weighted by Gasteiger charge is -1.88. The summed E-state index contributed by atoms with van der Waals surface area (Å²) in [5.74, 6) is 0. The molecule has 0 aliphatic heterocycles. The molecule has 0 unspecified atom stereocenters. The maximum Gasteiger partial charge on any atom is 0.189 e. The molecule has 0 bridgehead atoms. The normalized spacial score (nSPS) is 9.73. The Morgan fingerprint density at radius 2 is 2.18 bits per heavy atom. The van der Waals surface area contributed by atoms with Crippen molar-refractivity contribution in [2.45, 2.75) is 0 Å². The van der Waals surface area contributed by atoms with Crippen LogP contribution in [0.2, 0.25) is 0 Å². The fourth-order valence-corrected chi connectivity index (χ4v) is 1.11. The summed E-state index contributed by atoms with van der Waals surface area (Å²) in [6.07, 6.45) is 1.87. The molecular formula is C9H6N2. The van der Waals surface area contributed by atoms with E-state index in [0.717, 1.165) is 10.9 Å². The summed E-state index contributed by atoms with van der Waals surface area (Å²) in [5.41, 5.74) is 1.71. The number of nitrogens with zero attached hydrogens (tertiary/aromatic N) is 1. The molecule has 1 aromatic heterocycles. The minimum atomic E-state index is 0.681. The Kier molecular flexibility index (Phi) is 1.16. The monoisotopic (exact) mass is 142 g/mol. The first-order valence-corrected chi connectivity index (χ1v) is 3.35. The maximum absolute atomic E-state index is 6.78. The number of hydrogen-bond donors (Lipinski definition) is 1. The van der Waals surface area contributed by atoms with E-state index in [1.807, 2.05) is 30.5 Å². The summed E-state index contributed by atoms with van der Waals surface area (Å²) in [6.45, 7) is 6.78. The molecule has 0 atom stereocenters. The van der Waals surface area contributed by atoms with Gasteiger partial charge in [0, 0.05) is 11.7 Å². The number of aromatic amines is 1. The summed E-state index contributed by atoms with van der Waals surface area (Å²) in [4.78, 5) is 6.38. The molecule has 2 rings (SSSR count). The van der Waals surface area contributed by atoms with Crippen molar-refractivity contribution in [3.8, 4) is 0 Å². The highest BCUT2D eigenvalue weighted by Gasteiger charge is 1.94. The first kappa shape index (κ1) is 5.99. The van der Waals surface area contributed by atoms with Crippen LogP contribution in [0.5, 0.6) is 0 Å². The lowest BCUT2D eigenvalue weighted by Crippen LogP contribution is -1.64. The highest BCUT2D eigenvalue weighted by atomic mass is 14.7. The van der Waals surface area contributed by atoms with Crippen LogP contribution in [0, 0.1) is 6.57 Å². The molecule has 1 aromatic carbocycles. The van der Waals surface area contributed by atoms with Crippen LogP contribution in [0.1, 0.15) is 0 Å². The molecule has 1 N–H and O–H groups in total. The topological polar surface area (TPSA) is 20.1 Å². The van der Waals surface area contributed by atoms with Crippen molar-refractivity contribution in [1.29, 1.82) is 0 Å². The summed E-state index contributed by atoms with van der Waals surface area (Å²) < 4.78 is 0. The fraction of sp³-hybridized carbons (Fsp3) is 0. The molecule has 0 radical (unpaired) electrons. The molecule has 0 saturated heterocycles. The highest BCUT2D eigenvalue weighted by molar-refractivity contribution is 5.82. The molecule has 0 aliphatic rings. The zero-order chi connectivity index (χ0) is 7.68. The van der Waals surface area contributed by atoms with E-state index in [4.69, 9.17) is 6.57 Å². The molecule has 0 fully saturated rings. The van der Waals surface area contributed by atoms with Gasteiger partial charge < -0.3 is 4.98 Å². The number of fused-ring (bicyclic) bond motifs is 1. The molecule has 52 valence electrons. The van der Waals surface area contributed by atoms with Crippen LogP contribution in [-0.2, 0) is 0 Å². The zero-order valence-electron chi connectivity index (χ0n) is 5.83. The molecule has 2 nitrogen and oxygen atoms in total. The van der Waals surface area contributed by atoms with Crippen LogP contribution >= 0.6 is 0 Å². The van der Waals surface area contributed by atoms with E-state index in [2.05, 4.69) is 9.83 Å². The van der Waals surface area contributed by atoms with Gasteiger partial charge in [-0.1, -0.05) is 12.1 Å². The molecule has 2 aromatic rings. The Labute approximate surface area is 64.3 Å². The molecule has 0 saturated carbocycles. The molecule has 0 amide bonds. The Hall–Kier alpha value is -1.75. The number of hydrogen-bond acceptors (Lipinski definition) is 0. The Balaban J connectivity index is 2.79. The predicted octanol–water partition coefficient (Wildman–Crippen LogP) is 2.72. The Morgan fingerprint density at radius 1 is 1.27 bits per heavy atom. The second-order valence-electron chi connectivity index (χ2n) is 2.36. The predicted molar refractivity (Wildman–Crippen MR) is 44.6 cm³/mol. The van der Waals surface area contributed by atoms with Gasteiger partial charge in [-0.05, 0) is 17.5 Å². The zero-order valence-corrected chi connectivity index (χ0v) is 5.83. The molecule has 0 spiro atoms. The van der Waals surface area contributed by atoms with Crippen molar-refractivity contribution in [3.05, 3.63) is 41.9 Å². The summed E-state index contributed by atoms with van der Waals surface area (Å²) in [5, 5.41) is 1.15. The van der Waals surface area contributed by atoms with Crippen LogP contribution in [0.15, 0.2) is 30.5 Å². The molecule has 1 heterocycles. The van der Waals surface area contributed by atoms with Gasteiger partial charge in [0.05, 0.1) is 6.57 Å². The van der Waals surface area contributed by atoms with E-state index in [0.29, 0.717) is 5.69 Å². The van der Waals surface area contributed by atoms with Gasteiger partial charge in [-0.3, -0.25) is 0 Å². The largest absolute Gasteiger partial charge is 0.362 e. The quantitative estimate of drug-likeness (QED) is 0.546. The lowest BCUT2D eigenvalue weighted by atomic mass is 10.2. The van der Waals surface area contributed by atoms with Crippen LogP contribution in [-0.4, -0.2) is 4.98 Å². The molecular weight excluding hydrogens is 136 g/mol. The number of nitrogens with one attached hydrogen (secondary N) is 1. The second-order valence-corrected chi connectivity index (χ2v) is 2.36. The van der Waals surface area contributed by atoms with Crippen LogP contribution in [0.25, 0.3) is 15.7 Å². The highest BCUT2D eigenvalue weighted by Crippen LogP contribution is 2.19. The standard InChI is InChI=1S/C9H6N2/c1-10-8-3-2-7-4-5-11-9(7)6-8/h2-6,11H. The fourth-order valence-electron chi connectivity index (χ4n) is 1.11. The van der Waals surface area contributed by atoms with Gasteiger partial charge in [0.1, 0.15) is 0 Å². The first-order valence-electron chi connectivity index (χ1n) is 3.35. The van der Waals surface area contributed by atoms with E-state index in [-0.39, 0.29) is 0 Å². The van der Waals surface area contributed by atoms with E-state index in [1.165, 1.54) is 0 Å². The van der Waals surface area contributed by atoms with Gasteiger partial charge in [0.2, 0.25) is 0 Å². The number of rotatable bonds is 0. The number of aromatic nitrogens is 1. The second kappa shape index (κ2) is 2.14. The smallest absolute Gasteiger partial charge is 0.189 e. The van der Waals surface area contributed by atoms with Gasteiger partial charge in [0.25, 0.3) is 0 Å².